The first-order valence-electron chi connectivity index (χ1n) is 7.14. The number of hydrogen-bond acceptors (Lipinski definition) is 2. The molecule has 0 fully saturated rings. The van der Waals surface area contributed by atoms with E-state index in [1.165, 1.54) is 11.1 Å². The van der Waals surface area contributed by atoms with Crippen LogP contribution in [0.3, 0.4) is 0 Å². The van der Waals surface area contributed by atoms with Crippen molar-refractivity contribution < 1.29 is 4.79 Å². The fourth-order valence-corrected chi connectivity index (χ4v) is 1.96. The van der Waals surface area contributed by atoms with E-state index in [9.17, 15) is 4.79 Å². The Morgan fingerprint density at radius 2 is 1.89 bits per heavy atom. The van der Waals surface area contributed by atoms with E-state index in [-0.39, 0.29) is 11.9 Å². The summed E-state index contributed by atoms with van der Waals surface area (Å²) in [6, 6.07) is 8.61. The summed E-state index contributed by atoms with van der Waals surface area (Å²) < 4.78 is 0. The third-order valence-electron chi connectivity index (χ3n) is 3.40. The Morgan fingerprint density at radius 3 is 2.42 bits per heavy atom. The number of hydrogen-bond donors (Lipinski definition) is 2. The maximum atomic E-state index is 11.4. The van der Waals surface area contributed by atoms with Gasteiger partial charge in [-0.25, -0.2) is 0 Å². The van der Waals surface area contributed by atoms with E-state index in [1.54, 1.807) is 0 Å². The first-order valence-corrected chi connectivity index (χ1v) is 7.14. The minimum atomic E-state index is -0.0742. The molecule has 106 valence electrons. The van der Waals surface area contributed by atoms with Crippen LogP contribution in [0.5, 0.6) is 0 Å². The van der Waals surface area contributed by atoms with Crippen LogP contribution in [0.25, 0.3) is 0 Å². The van der Waals surface area contributed by atoms with Gasteiger partial charge in [0.2, 0.25) is 5.91 Å². The van der Waals surface area contributed by atoms with Gasteiger partial charge < -0.3 is 11.1 Å². The summed E-state index contributed by atoms with van der Waals surface area (Å²) >= 11 is 0. The Labute approximate surface area is 116 Å². The fourth-order valence-electron chi connectivity index (χ4n) is 1.96. The molecule has 2 unspecified atom stereocenters. The van der Waals surface area contributed by atoms with Gasteiger partial charge in [-0.3, -0.25) is 4.79 Å². The van der Waals surface area contributed by atoms with Crippen LogP contribution in [0.1, 0.15) is 50.7 Å². The van der Waals surface area contributed by atoms with E-state index < -0.39 is 0 Å². The molecule has 0 saturated heterocycles. The Kier molecular flexibility index (Phi) is 6.57. The SMILES string of the molecule is CCC(C)c1ccc(CCNC(=O)CC(C)N)cc1. The molecule has 3 nitrogen and oxygen atoms in total. The van der Waals surface area contributed by atoms with Crippen molar-refractivity contribution in [2.75, 3.05) is 6.54 Å². The van der Waals surface area contributed by atoms with Crippen molar-refractivity contribution in [1.29, 1.82) is 0 Å². The molecule has 1 rings (SSSR count). The van der Waals surface area contributed by atoms with Crippen molar-refractivity contribution in [3.63, 3.8) is 0 Å². The Bertz CT molecular complexity index is 384. The predicted molar refractivity (Wildman–Crippen MR) is 80.1 cm³/mol. The van der Waals surface area contributed by atoms with Gasteiger partial charge in [-0.2, -0.15) is 0 Å². The first kappa shape index (κ1) is 15.7. The summed E-state index contributed by atoms with van der Waals surface area (Å²) in [6.07, 6.45) is 2.42. The second-order valence-electron chi connectivity index (χ2n) is 5.33. The molecule has 1 aromatic carbocycles. The summed E-state index contributed by atoms with van der Waals surface area (Å²) in [5.74, 6) is 0.644. The van der Waals surface area contributed by atoms with E-state index in [1.807, 2.05) is 6.92 Å². The monoisotopic (exact) mass is 262 g/mol. The molecule has 3 N–H and O–H groups in total. The van der Waals surface area contributed by atoms with Crippen LogP contribution in [0.15, 0.2) is 24.3 Å². The molecule has 0 radical (unpaired) electrons. The van der Waals surface area contributed by atoms with Crippen LogP contribution in [0, 0.1) is 0 Å². The van der Waals surface area contributed by atoms with Gasteiger partial charge in [0.25, 0.3) is 0 Å². The van der Waals surface area contributed by atoms with Gasteiger partial charge in [-0.1, -0.05) is 38.1 Å². The highest BCUT2D eigenvalue weighted by atomic mass is 16.1. The Morgan fingerprint density at radius 1 is 1.26 bits per heavy atom. The average molecular weight is 262 g/mol. The van der Waals surface area contributed by atoms with Gasteiger partial charge in [0.05, 0.1) is 0 Å². The number of nitrogens with two attached hydrogens (primary N) is 1. The van der Waals surface area contributed by atoms with E-state index in [0.717, 1.165) is 12.8 Å². The molecule has 0 aliphatic heterocycles. The number of amides is 1. The summed E-state index contributed by atoms with van der Waals surface area (Å²) in [6.45, 7) is 6.96. The zero-order valence-electron chi connectivity index (χ0n) is 12.3. The van der Waals surface area contributed by atoms with Crippen LogP contribution < -0.4 is 11.1 Å². The number of rotatable bonds is 7. The van der Waals surface area contributed by atoms with Crippen molar-refractivity contribution >= 4 is 5.91 Å². The number of nitrogens with one attached hydrogen (secondary N) is 1. The fraction of sp³-hybridized carbons (Fsp3) is 0.562. The summed E-state index contributed by atoms with van der Waals surface area (Å²) in [4.78, 5) is 11.4. The summed E-state index contributed by atoms with van der Waals surface area (Å²) in [7, 11) is 0. The molecule has 1 aromatic rings. The van der Waals surface area contributed by atoms with E-state index >= 15 is 0 Å². The molecule has 0 heterocycles. The van der Waals surface area contributed by atoms with Crippen LogP contribution >= 0.6 is 0 Å². The van der Waals surface area contributed by atoms with Crippen LogP contribution in [-0.2, 0) is 11.2 Å². The van der Waals surface area contributed by atoms with Gasteiger partial charge in [-0.05, 0) is 36.8 Å². The van der Waals surface area contributed by atoms with E-state index in [2.05, 4.69) is 43.4 Å². The van der Waals surface area contributed by atoms with Crippen molar-refractivity contribution in [2.45, 2.75) is 52.0 Å². The smallest absolute Gasteiger partial charge is 0.221 e. The van der Waals surface area contributed by atoms with E-state index in [0.29, 0.717) is 18.9 Å². The maximum absolute atomic E-state index is 11.4. The second kappa shape index (κ2) is 7.95. The lowest BCUT2D eigenvalue weighted by atomic mass is 9.97. The third-order valence-corrected chi connectivity index (χ3v) is 3.40. The number of carbonyl (C=O) groups excluding carboxylic acids is 1. The van der Waals surface area contributed by atoms with Crippen LogP contribution in [-0.4, -0.2) is 18.5 Å². The molecular formula is C16H26N2O. The van der Waals surface area contributed by atoms with Crippen molar-refractivity contribution in [2.24, 2.45) is 5.73 Å². The molecule has 0 bridgehead atoms. The quantitative estimate of drug-likeness (QED) is 0.793. The number of carbonyl (C=O) groups is 1. The van der Waals surface area contributed by atoms with Crippen molar-refractivity contribution in [1.82, 2.24) is 5.32 Å². The molecule has 0 aliphatic carbocycles. The standard InChI is InChI=1S/C16H26N2O/c1-4-12(2)15-7-5-14(6-8-15)9-10-18-16(19)11-13(3)17/h5-8,12-13H,4,9-11,17H2,1-3H3,(H,18,19). The van der Waals surface area contributed by atoms with E-state index in [4.69, 9.17) is 5.73 Å². The molecule has 0 spiro atoms. The minimum absolute atomic E-state index is 0.0335. The summed E-state index contributed by atoms with van der Waals surface area (Å²) in [5.41, 5.74) is 8.21. The topological polar surface area (TPSA) is 55.1 Å². The predicted octanol–water partition coefficient (Wildman–Crippen LogP) is 2.60. The highest BCUT2D eigenvalue weighted by Gasteiger charge is 2.05. The van der Waals surface area contributed by atoms with Gasteiger partial charge in [0.15, 0.2) is 0 Å². The normalized spacial score (nSPS) is 13.9. The molecule has 2 atom stereocenters. The third kappa shape index (κ3) is 5.88. The molecular weight excluding hydrogens is 236 g/mol. The van der Waals surface area contributed by atoms with Crippen LogP contribution in [0.2, 0.25) is 0 Å². The van der Waals surface area contributed by atoms with Crippen molar-refractivity contribution in [3.05, 3.63) is 35.4 Å². The minimum Gasteiger partial charge on any atom is -0.356 e. The number of benzene rings is 1. The van der Waals surface area contributed by atoms with Gasteiger partial charge in [0, 0.05) is 19.0 Å². The van der Waals surface area contributed by atoms with Crippen molar-refractivity contribution in [3.8, 4) is 0 Å². The van der Waals surface area contributed by atoms with Crippen LogP contribution in [0.4, 0.5) is 0 Å². The largest absolute Gasteiger partial charge is 0.356 e. The maximum Gasteiger partial charge on any atom is 0.221 e. The lowest BCUT2D eigenvalue weighted by molar-refractivity contribution is -0.121. The molecule has 0 aromatic heterocycles. The molecule has 0 aliphatic rings. The first-order chi connectivity index (χ1) is 9.02. The molecule has 19 heavy (non-hydrogen) atoms. The Hall–Kier alpha value is -1.35. The molecule has 1 amide bonds. The highest BCUT2D eigenvalue weighted by molar-refractivity contribution is 5.76. The zero-order chi connectivity index (χ0) is 14.3. The lowest BCUT2D eigenvalue weighted by Crippen LogP contribution is -2.31. The van der Waals surface area contributed by atoms with Gasteiger partial charge in [0.1, 0.15) is 0 Å². The zero-order valence-corrected chi connectivity index (χ0v) is 12.3. The highest BCUT2D eigenvalue weighted by Crippen LogP contribution is 2.18. The summed E-state index contributed by atoms with van der Waals surface area (Å²) in [5, 5.41) is 2.89. The van der Waals surface area contributed by atoms with Gasteiger partial charge >= 0.3 is 0 Å². The molecule has 3 heteroatoms. The molecule has 0 saturated carbocycles. The lowest BCUT2D eigenvalue weighted by Gasteiger charge is -2.10. The second-order valence-corrected chi connectivity index (χ2v) is 5.33. The Balaban J connectivity index is 2.36. The van der Waals surface area contributed by atoms with Gasteiger partial charge in [-0.15, -0.1) is 0 Å². The average Bonchev–Trinajstić information content (AvgIpc) is 2.37.